The second-order valence-electron chi connectivity index (χ2n) is 1.91. The van der Waals surface area contributed by atoms with Gasteiger partial charge in [-0.3, -0.25) is 0 Å². The van der Waals surface area contributed by atoms with Crippen molar-refractivity contribution in [3.05, 3.63) is 6.79 Å². The van der Waals surface area contributed by atoms with E-state index < -0.39 is 0 Å². The predicted molar refractivity (Wildman–Crippen MR) is 34.8 cm³/mol. The molecule has 1 unspecified atom stereocenters. The Hall–Kier alpha value is -0.560. The van der Waals surface area contributed by atoms with Crippen LogP contribution in [0.15, 0.2) is 0 Å². The summed E-state index contributed by atoms with van der Waals surface area (Å²) in [4.78, 5) is 0. The Labute approximate surface area is 60.3 Å². The SMILES string of the molecule is C#CCOCC1CO[CH]O1. The Bertz CT molecular complexity index is 121. The molecule has 1 fully saturated rings. The molecule has 0 spiro atoms. The topological polar surface area (TPSA) is 27.7 Å². The summed E-state index contributed by atoms with van der Waals surface area (Å²) in [6, 6.07) is 0. The molecule has 1 radical (unpaired) electrons. The first-order valence-electron chi connectivity index (χ1n) is 3.03. The normalized spacial score (nSPS) is 24.5. The van der Waals surface area contributed by atoms with Gasteiger partial charge in [-0.05, 0) is 0 Å². The molecule has 1 aliphatic heterocycles. The van der Waals surface area contributed by atoms with Crippen LogP contribution >= 0.6 is 0 Å². The van der Waals surface area contributed by atoms with E-state index in [0.717, 1.165) is 0 Å². The fourth-order valence-electron chi connectivity index (χ4n) is 0.640. The largest absolute Gasteiger partial charge is 0.366 e. The third-order valence-electron chi connectivity index (χ3n) is 1.09. The van der Waals surface area contributed by atoms with Gasteiger partial charge in [-0.2, -0.15) is 0 Å². The minimum Gasteiger partial charge on any atom is -0.366 e. The zero-order valence-electron chi connectivity index (χ0n) is 5.58. The van der Waals surface area contributed by atoms with Crippen molar-refractivity contribution in [3.63, 3.8) is 0 Å². The Balaban J connectivity index is 1.97. The highest BCUT2D eigenvalue weighted by Crippen LogP contribution is 2.06. The molecular formula is C7H9O3. The molecule has 1 atom stereocenters. The lowest BCUT2D eigenvalue weighted by Crippen LogP contribution is -2.17. The molecular weight excluding hydrogens is 132 g/mol. The van der Waals surface area contributed by atoms with Crippen molar-refractivity contribution in [2.24, 2.45) is 0 Å². The summed E-state index contributed by atoms with van der Waals surface area (Å²) in [5, 5.41) is 0. The van der Waals surface area contributed by atoms with Crippen LogP contribution in [0.4, 0.5) is 0 Å². The second-order valence-corrected chi connectivity index (χ2v) is 1.91. The highest BCUT2D eigenvalue weighted by Gasteiger charge is 2.15. The van der Waals surface area contributed by atoms with E-state index in [1.54, 1.807) is 0 Å². The van der Waals surface area contributed by atoms with E-state index in [4.69, 9.17) is 20.6 Å². The third kappa shape index (κ3) is 2.36. The number of hydrogen-bond acceptors (Lipinski definition) is 3. The van der Waals surface area contributed by atoms with Crippen molar-refractivity contribution in [1.82, 2.24) is 0 Å². The van der Waals surface area contributed by atoms with Crippen molar-refractivity contribution in [3.8, 4) is 12.3 Å². The monoisotopic (exact) mass is 141 g/mol. The summed E-state index contributed by atoms with van der Waals surface area (Å²) >= 11 is 0. The minimum absolute atomic E-state index is 0.0216. The van der Waals surface area contributed by atoms with E-state index >= 15 is 0 Å². The van der Waals surface area contributed by atoms with E-state index in [9.17, 15) is 0 Å². The first-order chi connectivity index (χ1) is 4.93. The molecule has 0 aromatic carbocycles. The fourth-order valence-corrected chi connectivity index (χ4v) is 0.640. The lowest BCUT2D eigenvalue weighted by atomic mass is 10.4. The molecule has 1 saturated heterocycles. The van der Waals surface area contributed by atoms with Crippen LogP contribution in [0.25, 0.3) is 0 Å². The molecule has 10 heavy (non-hydrogen) atoms. The highest BCUT2D eigenvalue weighted by molar-refractivity contribution is 4.83. The molecule has 0 amide bonds. The standard InChI is InChI=1S/C7H9O3/c1-2-3-8-4-7-5-9-6-10-7/h1,6-7H,3-5H2. The molecule has 0 aliphatic carbocycles. The number of ether oxygens (including phenoxy) is 3. The van der Waals surface area contributed by atoms with Crippen molar-refractivity contribution in [2.75, 3.05) is 19.8 Å². The van der Waals surface area contributed by atoms with Crippen molar-refractivity contribution in [2.45, 2.75) is 6.10 Å². The van der Waals surface area contributed by atoms with Gasteiger partial charge in [-0.1, -0.05) is 5.92 Å². The van der Waals surface area contributed by atoms with Gasteiger partial charge in [0.05, 0.1) is 13.2 Å². The lowest BCUT2D eigenvalue weighted by molar-refractivity contribution is 0.0506. The number of rotatable bonds is 3. The van der Waals surface area contributed by atoms with Gasteiger partial charge in [0.25, 0.3) is 0 Å². The molecule has 3 nitrogen and oxygen atoms in total. The molecule has 55 valence electrons. The minimum atomic E-state index is 0.0216. The van der Waals surface area contributed by atoms with Crippen LogP contribution in [-0.2, 0) is 14.2 Å². The van der Waals surface area contributed by atoms with E-state index in [-0.39, 0.29) is 6.10 Å². The molecule has 3 heteroatoms. The van der Waals surface area contributed by atoms with Gasteiger partial charge >= 0.3 is 0 Å². The summed E-state index contributed by atoms with van der Waals surface area (Å²) in [6.45, 7) is 2.72. The Morgan fingerprint density at radius 3 is 3.30 bits per heavy atom. The van der Waals surface area contributed by atoms with Gasteiger partial charge in [-0.15, -0.1) is 6.42 Å². The van der Waals surface area contributed by atoms with Crippen LogP contribution in [0.2, 0.25) is 0 Å². The molecule has 0 saturated carbocycles. The Kier molecular flexibility index (Phi) is 3.23. The first kappa shape index (κ1) is 7.55. The Morgan fingerprint density at radius 2 is 2.70 bits per heavy atom. The smallest absolute Gasteiger partial charge is 0.209 e. The van der Waals surface area contributed by atoms with Crippen molar-refractivity contribution >= 4 is 0 Å². The summed E-state index contributed by atoms with van der Waals surface area (Å²) < 4.78 is 14.8. The summed E-state index contributed by atoms with van der Waals surface area (Å²) in [5.41, 5.74) is 0. The molecule has 0 bridgehead atoms. The second kappa shape index (κ2) is 4.29. The van der Waals surface area contributed by atoms with E-state index in [1.807, 2.05) is 0 Å². The predicted octanol–water partition coefficient (Wildman–Crippen LogP) is 0.171. The molecule has 0 N–H and O–H groups in total. The molecule has 1 heterocycles. The van der Waals surface area contributed by atoms with Gasteiger partial charge in [0.15, 0.2) is 0 Å². The average Bonchev–Trinajstić information content (AvgIpc) is 2.41. The molecule has 1 aliphatic rings. The fraction of sp³-hybridized carbons (Fsp3) is 0.571. The van der Waals surface area contributed by atoms with Gasteiger partial charge in [0.1, 0.15) is 12.7 Å². The quantitative estimate of drug-likeness (QED) is 0.414. The van der Waals surface area contributed by atoms with Crippen LogP contribution in [0.1, 0.15) is 0 Å². The zero-order chi connectivity index (χ0) is 7.23. The Morgan fingerprint density at radius 1 is 1.80 bits per heavy atom. The van der Waals surface area contributed by atoms with E-state index in [2.05, 4.69) is 5.92 Å². The maximum Gasteiger partial charge on any atom is 0.209 e. The van der Waals surface area contributed by atoms with Crippen molar-refractivity contribution < 1.29 is 14.2 Å². The summed E-state index contributed by atoms with van der Waals surface area (Å²) in [7, 11) is 0. The van der Waals surface area contributed by atoms with Crippen LogP contribution in [0.5, 0.6) is 0 Å². The maximum absolute atomic E-state index is 5.01. The average molecular weight is 141 g/mol. The lowest BCUT2D eigenvalue weighted by Gasteiger charge is -2.04. The highest BCUT2D eigenvalue weighted by atomic mass is 16.7. The summed E-state index contributed by atoms with van der Waals surface area (Å²) in [5.74, 6) is 2.36. The third-order valence-corrected chi connectivity index (χ3v) is 1.09. The van der Waals surface area contributed by atoms with E-state index in [0.29, 0.717) is 19.8 Å². The van der Waals surface area contributed by atoms with Crippen molar-refractivity contribution in [1.29, 1.82) is 0 Å². The zero-order valence-corrected chi connectivity index (χ0v) is 5.58. The van der Waals surface area contributed by atoms with Crippen LogP contribution in [0.3, 0.4) is 0 Å². The maximum atomic E-state index is 5.01. The van der Waals surface area contributed by atoms with E-state index in [1.165, 1.54) is 6.79 Å². The first-order valence-corrected chi connectivity index (χ1v) is 3.03. The molecule has 0 aromatic heterocycles. The van der Waals surface area contributed by atoms with Crippen LogP contribution < -0.4 is 0 Å². The van der Waals surface area contributed by atoms with Crippen LogP contribution in [-0.4, -0.2) is 25.9 Å². The molecule has 1 rings (SSSR count). The van der Waals surface area contributed by atoms with Gasteiger partial charge in [0.2, 0.25) is 6.79 Å². The summed E-state index contributed by atoms with van der Waals surface area (Å²) in [6.07, 6.45) is 4.98. The number of terminal acetylenes is 1. The van der Waals surface area contributed by atoms with Crippen LogP contribution in [0, 0.1) is 19.1 Å². The van der Waals surface area contributed by atoms with Gasteiger partial charge in [0, 0.05) is 0 Å². The van der Waals surface area contributed by atoms with Gasteiger partial charge < -0.3 is 14.2 Å². The molecule has 0 aromatic rings. The number of hydrogen-bond donors (Lipinski definition) is 0. The van der Waals surface area contributed by atoms with Gasteiger partial charge in [-0.25, -0.2) is 0 Å².